The maximum absolute atomic E-state index is 12.0. The summed E-state index contributed by atoms with van der Waals surface area (Å²) in [6.45, 7) is 1.90. The standard InChI is InChI=1S/C19H26N2O4/c1-14(18(23)20-12-15-8-4-2-5-9-15)25-17(22)13-21-19(24)16-10-6-3-7-11-16/h3,6-7,10-11,14-15H,2,4-5,8-9,12-13H2,1H3,(H,20,23)(H,21,24)/t14-/m1/s1. The lowest BCUT2D eigenvalue weighted by molar-refractivity contribution is -0.153. The normalized spacial score (nSPS) is 15.9. The lowest BCUT2D eigenvalue weighted by atomic mass is 9.89. The molecule has 1 saturated carbocycles. The first kappa shape index (κ1) is 19.0. The van der Waals surface area contributed by atoms with Crippen LogP contribution in [0.25, 0.3) is 0 Å². The first-order chi connectivity index (χ1) is 12.1. The molecule has 0 aromatic heterocycles. The molecular formula is C19H26N2O4. The van der Waals surface area contributed by atoms with Crippen LogP contribution >= 0.6 is 0 Å². The molecule has 0 bridgehead atoms. The van der Waals surface area contributed by atoms with Crippen molar-refractivity contribution in [3.63, 3.8) is 0 Å². The number of rotatable bonds is 7. The summed E-state index contributed by atoms with van der Waals surface area (Å²) in [7, 11) is 0. The number of carbonyl (C=O) groups is 3. The van der Waals surface area contributed by atoms with Crippen LogP contribution < -0.4 is 10.6 Å². The maximum atomic E-state index is 12.0. The van der Waals surface area contributed by atoms with E-state index in [1.807, 2.05) is 0 Å². The van der Waals surface area contributed by atoms with Gasteiger partial charge < -0.3 is 15.4 Å². The molecule has 0 spiro atoms. The van der Waals surface area contributed by atoms with Crippen LogP contribution in [0.4, 0.5) is 0 Å². The molecule has 1 aliphatic rings. The van der Waals surface area contributed by atoms with Crippen LogP contribution in [0.2, 0.25) is 0 Å². The summed E-state index contributed by atoms with van der Waals surface area (Å²) in [5.74, 6) is -0.768. The summed E-state index contributed by atoms with van der Waals surface area (Å²) >= 11 is 0. The summed E-state index contributed by atoms with van der Waals surface area (Å²) < 4.78 is 5.07. The van der Waals surface area contributed by atoms with Crippen molar-refractivity contribution >= 4 is 17.8 Å². The third-order valence-corrected chi connectivity index (χ3v) is 4.40. The van der Waals surface area contributed by atoms with Crippen molar-refractivity contribution in [3.05, 3.63) is 35.9 Å². The summed E-state index contributed by atoms with van der Waals surface area (Å²) in [6, 6.07) is 8.60. The zero-order valence-corrected chi connectivity index (χ0v) is 14.6. The van der Waals surface area contributed by atoms with E-state index < -0.39 is 12.1 Å². The predicted molar refractivity (Wildman–Crippen MR) is 93.9 cm³/mol. The largest absolute Gasteiger partial charge is 0.451 e. The van der Waals surface area contributed by atoms with Crippen LogP contribution in [-0.4, -0.2) is 37.0 Å². The van der Waals surface area contributed by atoms with Crippen molar-refractivity contribution in [3.8, 4) is 0 Å². The second kappa shape index (κ2) is 9.81. The molecule has 0 heterocycles. The molecule has 6 heteroatoms. The Labute approximate surface area is 148 Å². The van der Waals surface area contributed by atoms with E-state index in [0.29, 0.717) is 18.0 Å². The number of nitrogens with one attached hydrogen (secondary N) is 2. The van der Waals surface area contributed by atoms with Gasteiger partial charge in [0.25, 0.3) is 11.8 Å². The highest BCUT2D eigenvalue weighted by molar-refractivity contribution is 5.96. The van der Waals surface area contributed by atoms with E-state index in [1.54, 1.807) is 30.3 Å². The van der Waals surface area contributed by atoms with E-state index in [0.717, 1.165) is 12.8 Å². The highest BCUT2D eigenvalue weighted by Gasteiger charge is 2.20. The lowest BCUT2D eigenvalue weighted by Gasteiger charge is -2.22. The molecule has 0 unspecified atom stereocenters. The Balaban J connectivity index is 1.66. The molecule has 2 rings (SSSR count). The monoisotopic (exact) mass is 346 g/mol. The number of ether oxygens (including phenoxy) is 1. The molecule has 1 fully saturated rings. The zero-order valence-electron chi connectivity index (χ0n) is 14.6. The summed E-state index contributed by atoms with van der Waals surface area (Å²) in [5, 5.41) is 5.33. The van der Waals surface area contributed by atoms with Gasteiger partial charge in [0, 0.05) is 12.1 Å². The molecule has 1 aliphatic carbocycles. The van der Waals surface area contributed by atoms with Crippen molar-refractivity contribution in [1.82, 2.24) is 10.6 Å². The maximum Gasteiger partial charge on any atom is 0.326 e. The third-order valence-electron chi connectivity index (χ3n) is 4.40. The van der Waals surface area contributed by atoms with Gasteiger partial charge in [0.2, 0.25) is 0 Å². The van der Waals surface area contributed by atoms with Crippen LogP contribution in [0.5, 0.6) is 0 Å². The van der Waals surface area contributed by atoms with Gasteiger partial charge in [0.15, 0.2) is 6.10 Å². The van der Waals surface area contributed by atoms with Crippen molar-refractivity contribution in [1.29, 1.82) is 0 Å². The Morgan fingerprint density at radius 1 is 1.08 bits per heavy atom. The summed E-state index contributed by atoms with van der Waals surface area (Å²) in [6.07, 6.45) is 5.11. The molecule has 6 nitrogen and oxygen atoms in total. The highest BCUT2D eigenvalue weighted by Crippen LogP contribution is 2.22. The molecule has 136 valence electrons. The minimum Gasteiger partial charge on any atom is -0.451 e. The van der Waals surface area contributed by atoms with Crippen molar-refractivity contribution < 1.29 is 19.1 Å². The smallest absolute Gasteiger partial charge is 0.326 e. The SMILES string of the molecule is C[C@@H](OC(=O)CNC(=O)c1ccccc1)C(=O)NCC1CCCCC1. The minimum absolute atomic E-state index is 0.270. The van der Waals surface area contributed by atoms with Gasteiger partial charge in [-0.05, 0) is 37.8 Å². The van der Waals surface area contributed by atoms with E-state index in [1.165, 1.54) is 26.2 Å². The fraction of sp³-hybridized carbons (Fsp3) is 0.526. The molecule has 0 aliphatic heterocycles. The first-order valence-corrected chi connectivity index (χ1v) is 8.86. The van der Waals surface area contributed by atoms with Gasteiger partial charge in [-0.2, -0.15) is 0 Å². The Hall–Kier alpha value is -2.37. The summed E-state index contributed by atoms with van der Waals surface area (Å²) in [4.78, 5) is 35.6. The Morgan fingerprint density at radius 2 is 1.76 bits per heavy atom. The van der Waals surface area contributed by atoms with Gasteiger partial charge in [-0.3, -0.25) is 14.4 Å². The van der Waals surface area contributed by atoms with Crippen LogP contribution in [0, 0.1) is 5.92 Å². The third kappa shape index (κ3) is 6.57. The number of benzene rings is 1. The van der Waals surface area contributed by atoms with Crippen molar-refractivity contribution in [2.75, 3.05) is 13.1 Å². The van der Waals surface area contributed by atoms with Gasteiger partial charge in [-0.25, -0.2) is 0 Å². The van der Waals surface area contributed by atoms with E-state index in [-0.39, 0.29) is 18.4 Å². The Bertz CT molecular complexity index is 582. The molecule has 0 saturated heterocycles. The fourth-order valence-electron chi connectivity index (χ4n) is 2.92. The average molecular weight is 346 g/mol. The van der Waals surface area contributed by atoms with Crippen molar-refractivity contribution in [2.45, 2.75) is 45.1 Å². The quantitative estimate of drug-likeness (QED) is 0.740. The summed E-state index contributed by atoms with van der Waals surface area (Å²) in [5.41, 5.74) is 0.466. The number of esters is 1. The van der Waals surface area contributed by atoms with E-state index in [4.69, 9.17) is 4.74 Å². The van der Waals surface area contributed by atoms with Gasteiger partial charge in [-0.15, -0.1) is 0 Å². The zero-order chi connectivity index (χ0) is 18.1. The highest BCUT2D eigenvalue weighted by atomic mass is 16.5. The van der Waals surface area contributed by atoms with E-state index in [9.17, 15) is 14.4 Å². The van der Waals surface area contributed by atoms with Crippen LogP contribution in [0.1, 0.15) is 49.4 Å². The topological polar surface area (TPSA) is 84.5 Å². The number of amides is 2. The second-order valence-electron chi connectivity index (χ2n) is 6.43. The van der Waals surface area contributed by atoms with Gasteiger partial charge in [0.1, 0.15) is 6.54 Å². The number of carbonyl (C=O) groups excluding carboxylic acids is 3. The van der Waals surface area contributed by atoms with E-state index >= 15 is 0 Å². The molecule has 25 heavy (non-hydrogen) atoms. The molecule has 2 N–H and O–H groups in total. The molecular weight excluding hydrogens is 320 g/mol. The fourth-order valence-corrected chi connectivity index (χ4v) is 2.92. The molecule has 1 atom stereocenters. The Morgan fingerprint density at radius 3 is 2.44 bits per heavy atom. The van der Waals surface area contributed by atoms with Crippen LogP contribution in [0.3, 0.4) is 0 Å². The molecule has 1 aromatic carbocycles. The van der Waals surface area contributed by atoms with Crippen LogP contribution in [0.15, 0.2) is 30.3 Å². The van der Waals surface area contributed by atoms with Gasteiger partial charge >= 0.3 is 5.97 Å². The number of hydrogen-bond donors (Lipinski definition) is 2. The van der Waals surface area contributed by atoms with Crippen molar-refractivity contribution in [2.24, 2.45) is 5.92 Å². The first-order valence-electron chi connectivity index (χ1n) is 8.86. The second-order valence-corrected chi connectivity index (χ2v) is 6.43. The van der Waals surface area contributed by atoms with Crippen LogP contribution in [-0.2, 0) is 14.3 Å². The Kier molecular flexibility index (Phi) is 7.44. The molecule has 1 aromatic rings. The average Bonchev–Trinajstić information content (AvgIpc) is 2.65. The van der Waals surface area contributed by atoms with E-state index in [2.05, 4.69) is 10.6 Å². The minimum atomic E-state index is -0.871. The predicted octanol–water partition coefficient (Wildman–Crippen LogP) is 2.04. The van der Waals surface area contributed by atoms with Gasteiger partial charge in [0.05, 0.1) is 0 Å². The molecule has 2 amide bonds. The lowest BCUT2D eigenvalue weighted by Crippen LogP contribution is -2.40. The van der Waals surface area contributed by atoms with Gasteiger partial charge in [-0.1, -0.05) is 37.5 Å². The number of hydrogen-bond acceptors (Lipinski definition) is 4. The molecule has 0 radical (unpaired) electrons.